The fraction of sp³-hybridized carbons (Fsp3) is 0.0455. The molecule has 3 aromatic rings. The third-order valence-corrected chi connectivity index (χ3v) is 5.48. The van der Waals surface area contributed by atoms with Crippen LogP contribution in [-0.2, 0) is 4.79 Å². The van der Waals surface area contributed by atoms with E-state index in [2.05, 4.69) is 16.0 Å². The predicted octanol–water partition coefficient (Wildman–Crippen LogP) is 4.61. The van der Waals surface area contributed by atoms with E-state index in [1.54, 1.807) is 42.5 Å². The largest absolute Gasteiger partial charge is 0.325 e. The summed E-state index contributed by atoms with van der Waals surface area (Å²) in [5.41, 5.74) is 2.59. The number of fused-ring (bicyclic) bond motifs is 2. The van der Waals surface area contributed by atoms with Crippen LogP contribution in [0.3, 0.4) is 0 Å². The molecule has 0 bridgehead atoms. The Labute approximate surface area is 171 Å². The number of amides is 3. The molecule has 0 saturated heterocycles. The van der Waals surface area contributed by atoms with Gasteiger partial charge in [0.15, 0.2) is 0 Å². The van der Waals surface area contributed by atoms with Crippen molar-refractivity contribution in [2.75, 3.05) is 16.0 Å². The van der Waals surface area contributed by atoms with Gasteiger partial charge < -0.3 is 16.0 Å². The molecule has 0 unspecified atom stereocenters. The molecule has 0 spiro atoms. The number of hydrogen-bond donors (Lipinski definition) is 3. The highest BCUT2D eigenvalue weighted by Gasteiger charge is 2.21. The third-order valence-electron chi connectivity index (χ3n) is 4.33. The van der Waals surface area contributed by atoms with E-state index in [4.69, 9.17) is 0 Å². The lowest BCUT2D eigenvalue weighted by molar-refractivity contribution is -0.114. The average molecular weight is 403 g/mol. The number of anilines is 3. The molecule has 7 heteroatoms. The zero-order valence-corrected chi connectivity index (χ0v) is 16.3. The number of para-hydroxylation sites is 2. The first-order chi connectivity index (χ1) is 14.0. The molecule has 1 heterocycles. The second kappa shape index (κ2) is 7.81. The van der Waals surface area contributed by atoms with E-state index in [0.29, 0.717) is 28.2 Å². The monoisotopic (exact) mass is 403 g/mol. The van der Waals surface area contributed by atoms with Gasteiger partial charge in [-0.3, -0.25) is 14.4 Å². The van der Waals surface area contributed by atoms with Crippen LogP contribution in [0.5, 0.6) is 0 Å². The van der Waals surface area contributed by atoms with Crippen molar-refractivity contribution < 1.29 is 14.4 Å². The fourth-order valence-corrected chi connectivity index (χ4v) is 4.00. The van der Waals surface area contributed by atoms with Gasteiger partial charge in [0.1, 0.15) is 0 Å². The standard InChI is InChI=1S/C22H17N3O3S/c1-13(26)23-16-7-3-4-8-17(16)24-21(27)14-10-11-20-18(12-14)25-22(28)15-6-2-5-9-19(15)29-20/h2-12H,1H3,(H,23,26)(H,24,27)(H,25,28). The Hall–Kier alpha value is -3.58. The van der Waals surface area contributed by atoms with Crippen LogP contribution in [0.25, 0.3) is 0 Å². The van der Waals surface area contributed by atoms with Gasteiger partial charge in [0.2, 0.25) is 5.91 Å². The lowest BCUT2D eigenvalue weighted by Gasteiger charge is -2.12. The molecule has 0 fully saturated rings. The molecule has 29 heavy (non-hydrogen) atoms. The highest BCUT2D eigenvalue weighted by Crippen LogP contribution is 2.39. The third kappa shape index (κ3) is 4.00. The number of carbonyl (C=O) groups is 3. The summed E-state index contributed by atoms with van der Waals surface area (Å²) in [6.07, 6.45) is 0. The SMILES string of the molecule is CC(=O)Nc1ccccc1NC(=O)c1ccc2c(c1)NC(=O)c1ccccc1S2. The summed E-state index contributed by atoms with van der Waals surface area (Å²) >= 11 is 1.48. The number of nitrogens with one attached hydrogen (secondary N) is 3. The molecule has 1 aliphatic heterocycles. The lowest BCUT2D eigenvalue weighted by atomic mass is 10.1. The van der Waals surface area contributed by atoms with Crippen LogP contribution < -0.4 is 16.0 Å². The summed E-state index contributed by atoms with van der Waals surface area (Å²) in [5.74, 6) is -0.775. The van der Waals surface area contributed by atoms with Gasteiger partial charge in [-0.05, 0) is 42.5 Å². The van der Waals surface area contributed by atoms with Crippen molar-refractivity contribution in [1.29, 1.82) is 0 Å². The summed E-state index contributed by atoms with van der Waals surface area (Å²) in [5, 5.41) is 8.38. The van der Waals surface area contributed by atoms with Crippen LogP contribution in [0, 0.1) is 0 Å². The Bertz CT molecular complexity index is 1140. The second-order valence-corrected chi connectivity index (χ2v) is 7.53. The van der Waals surface area contributed by atoms with Crippen molar-refractivity contribution in [3.05, 3.63) is 77.9 Å². The summed E-state index contributed by atoms with van der Waals surface area (Å²) in [6, 6.07) is 19.5. The molecule has 1 aliphatic rings. The maximum absolute atomic E-state index is 12.8. The first-order valence-corrected chi connectivity index (χ1v) is 9.73. The Kier molecular flexibility index (Phi) is 5.05. The first kappa shape index (κ1) is 18.8. The van der Waals surface area contributed by atoms with Crippen molar-refractivity contribution in [1.82, 2.24) is 0 Å². The van der Waals surface area contributed by atoms with E-state index in [-0.39, 0.29) is 17.7 Å². The molecule has 3 aromatic carbocycles. The van der Waals surface area contributed by atoms with Gasteiger partial charge in [0.05, 0.1) is 22.6 Å². The number of rotatable bonds is 3. The van der Waals surface area contributed by atoms with Crippen LogP contribution in [0.4, 0.5) is 17.1 Å². The molecular weight excluding hydrogens is 386 g/mol. The van der Waals surface area contributed by atoms with Gasteiger partial charge in [0, 0.05) is 22.3 Å². The molecule has 0 aliphatic carbocycles. The van der Waals surface area contributed by atoms with Crippen molar-refractivity contribution in [3.63, 3.8) is 0 Å². The highest BCUT2D eigenvalue weighted by atomic mass is 32.2. The van der Waals surface area contributed by atoms with Gasteiger partial charge in [-0.25, -0.2) is 0 Å². The molecule has 0 saturated carbocycles. The summed E-state index contributed by atoms with van der Waals surface area (Å²) < 4.78 is 0. The van der Waals surface area contributed by atoms with E-state index in [0.717, 1.165) is 9.79 Å². The normalized spacial score (nSPS) is 12.1. The minimum atomic E-state index is -0.341. The van der Waals surface area contributed by atoms with Crippen LogP contribution in [0.2, 0.25) is 0 Å². The van der Waals surface area contributed by atoms with Crippen molar-refractivity contribution >= 4 is 46.5 Å². The van der Waals surface area contributed by atoms with Crippen LogP contribution in [0.15, 0.2) is 76.5 Å². The molecule has 144 valence electrons. The average Bonchev–Trinajstić information content (AvgIpc) is 2.84. The molecule has 0 aromatic heterocycles. The lowest BCUT2D eigenvalue weighted by Crippen LogP contribution is -2.16. The predicted molar refractivity (Wildman–Crippen MR) is 114 cm³/mol. The number of carbonyl (C=O) groups excluding carboxylic acids is 3. The quantitative estimate of drug-likeness (QED) is 0.596. The van der Waals surface area contributed by atoms with Gasteiger partial charge >= 0.3 is 0 Å². The number of hydrogen-bond acceptors (Lipinski definition) is 4. The maximum Gasteiger partial charge on any atom is 0.256 e. The van der Waals surface area contributed by atoms with Crippen molar-refractivity contribution in [3.8, 4) is 0 Å². The van der Waals surface area contributed by atoms with Gasteiger partial charge in [-0.1, -0.05) is 36.0 Å². The Balaban J connectivity index is 1.60. The Morgan fingerprint density at radius 2 is 1.55 bits per heavy atom. The smallest absolute Gasteiger partial charge is 0.256 e. The molecule has 4 rings (SSSR count). The highest BCUT2D eigenvalue weighted by molar-refractivity contribution is 7.99. The second-order valence-electron chi connectivity index (χ2n) is 6.44. The van der Waals surface area contributed by atoms with Gasteiger partial charge in [0.25, 0.3) is 11.8 Å². The summed E-state index contributed by atoms with van der Waals surface area (Å²) in [7, 11) is 0. The maximum atomic E-state index is 12.8. The molecule has 6 nitrogen and oxygen atoms in total. The van der Waals surface area contributed by atoms with E-state index >= 15 is 0 Å². The zero-order valence-electron chi connectivity index (χ0n) is 15.5. The van der Waals surface area contributed by atoms with E-state index in [1.807, 2.05) is 24.3 Å². The van der Waals surface area contributed by atoms with E-state index in [1.165, 1.54) is 18.7 Å². The minimum Gasteiger partial charge on any atom is -0.325 e. The fourth-order valence-electron chi connectivity index (χ4n) is 2.99. The van der Waals surface area contributed by atoms with Gasteiger partial charge in [-0.15, -0.1) is 0 Å². The van der Waals surface area contributed by atoms with E-state index < -0.39 is 0 Å². The molecule has 0 atom stereocenters. The first-order valence-electron chi connectivity index (χ1n) is 8.91. The van der Waals surface area contributed by atoms with Crippen molar-refractivity contribution in [2.24, 2.45) is 0 Å². The molecule has 3 N–H and O–H groups in total. The van der Waals surface area contributed by atoms with Crippen molar-refractivity contribution in [2.45, 2.75) is 16.7 Å². The summed E-state index contributed by atoms with van der Waals surface area (Å²) in [6.45, 7) is 1.41. The van der Waals surface area contributed by atoms with Crippen LogP contribution >= 0.6 is 11.8 Å². The molecule has 3 amide bonds. The molecule has 0 radical (unpaired) electrons. The zero-order chi connectivity index (χ0) is 20.4. The van der Waals surface area contributed by atoms with Crippen LogP contribution in [0.1, 0.15) is 27.6 Å². The minimum absolute atomic E-state index is 0.208. The Morgan fingerprint density at radius 1 is 0.862 bits per heavy atom. The molecular formula is C22H17N3O3S. The topological polar surface area (TPSA) is 87.3 Å². The Morgan fingerprint density at radius 3 is 2.31 bits per heavy atom. The van der Waals surface area contributed by atoms with Crippen LogP contribution in [-0.4, -0.2) is 17.7 Å². The van der Waals surface area contributed by atoms with E-state index in [9.17, 15) is 14.4 Å². The van der Waals surface area contributed by atoms with Gasteiger partial charge in [-0.2, -0.15) is 0 Å². The number of benzene rings is 3. The summed E-state index contributed by atoms with van der Waals surface area (Å²) in [4.78, 5) is 38.4.